The number of methoxy groups -OCH3 is 1. The maximum Gasteiger partial charge on any atom is 0.344 e. The molecule has 1 aromatic carbocycles. The van der Waals surface area contributed by atoms with E-state index in [1.807, 2.05) is 0 Å². The number of hydrogen-bond acceptors (Lipinski definition) is 4. The average Bonchev–Trinajstić information content (AvgIpc) is 2.16. The van der Waals surface area contributed by atoms with Crippen molar-refractivity contribution < 1.29 is 14.3 Å². The molecule has 82 valence electrons. The monoisotopic (exact) mass is 229 g/mol. The van der Waals surface area contributed by atoms with Crippen molar-refractivity contribution in [2.24, 2.45) is 0 Å². The summed E-state index contributed by atoms with van der Waals surface area (Å²) >= 11 is 5.77. The van der Waals surface area contributed by atoms with Crippen molar-refractivity contribution in [1.82, 2.24) is 0 Å². The number of nitrogens with two attached hydrogens (primary N) is 1. The van der Waals surface area contributed by atoms with Gasteiger partial charge in [-0.05, 0) is 19.1 Å². The summed E-state index contributed by atoms with van der Waals surface area (Å²) in [5.41, 5.74) is 6.12. The topological polar surface area (TPSA) is 61.5 Å². The minimum Gasteiger partial charge on any atom is -0.496 e. The standard InChI is InChI=1S/C10H12ClNO3/c1-3-15-10(13)9-7(12)4-6(11)5-8(9)14-2/h4-5H,3,12H2,1-2H3. The molecule has 4 nitrogen and oxygen atoms in total. The first kappa shape index (κ1) is 11.7. The fraction of sp³-hybridized carbons (Fsp3) is 0.300. The van der Waals surface area contributed by atoms with E-state index >= 15 is 0 Å². The normalized spacial score (nSPS) is 9.80. The molecule has 0 fully saturated rings. The summed E-state index contributed by atoms with van der Waals surface area (Å²) in [5, 5.41) is 0.414. The van der Waals surface area contributed by atoms with E-state index in [0.717, 1.165) is 0 Å². The first-order valence-electron chi connectivity index (χ1n) is 4.40. The Morgan fingerprint density at radius 3 is 2.73 bits per heavy atom. The van der Waals surface area contributed by atoms with E-state index in [0.29, 0.717) is 10.8 Å². The predicted molar refractivity (Wildman–Crippen MR) is 58.4 cm³/mol. The Labute approximate surface area is 92.9 Å². The first-order chi connectivity index (χ1) is 7.10. The molecule has 0 amide bonds. The minimum atomic E-state index is -0.511. The molecule has 0 bridgehead atoms. The Bertz CT molecular complexity index is 379. The van der Waals surface area contributed by atoms with E-state index in [9.17, 15) is 4.79 Å². The SMILES string of the molecule is CCOC(=O)c1c(N)cc(Cl)cc1OC. The van der Waals surface area contributed by atoms with Crippen LogP contribution < -0.4 is 10.5 Å². The number of esters is 1. The number of nitrogen functional groups attached to an aromatic ring is 1. The molecular formula is C10H12ClNO3. The summed E-state index contributed by atoms with van der Waals surface area (Å²) in [6.07, 6.45) is 0. The van der Waals surface area contributed by atoms with E-state index < -0.39 is 5.97 Å². The smallest absolute Gasteiger partial charge is 0.344 e. The van der Waals surface area contributed by atoms with Gasteiger partial charge in [0.05, 0.1) is 19.4 Å². The molecule has 1 rings (SSSR count). The second-order valence-corrected chi connectivity index (χ2v) is 3.23. The lowest BCUT2D eigenvalue weighted by atomic mass is 10.1. The summed E-state index contributed by atoms with van der Waals surface area (Å²) in [6, 6.07) is 3.00. The van der Waals surface area contributed by atoms with Gasteiger partial charge in [0.15, 0.2) is 0 Å². The van der Waals surface area contributed by atoms with Crippen LogP contribution in [0.1, 0.15) is 17.3 Å². The van der Waals surface area contributed by atoms with E-state index in [2.05, 4.69) is 0 Å². The Hall–Kier alpha value is -1.42. The van der Waals surface area contributed by atoms with Crippen molar-refractivity contribution >= 4 is 23.3 Å². The molecule has 2 N–H and O–H groups in total. The van der Waals surface area contributed by atoms with Crippen LogP contribution in [-0.2, 0) is 4.74 Å². The van der Waals surface area contributed by atoms with Gasteiger partial charge in [-0.25, -0.2) is 4.79 Å². The maximum absolute atomic E-state index is 11.5. The predicted octanol–water partition coefficient (Wildman–Crippen LogP) is 2.11. The third-order valence-corrected chi connectivity index (χ3v) is 2.02. The molecule has 0 radical (unpaired) electrons. The molecule has 0 unspecified atom stereocenters. The number of ether oxygens (including phenoxy) is 2. The van der Waals surface area contributed by atoms with Crippen molar-refractivity contribution in [3.63, 3.8) is 0 Å². The molecule has 0 aliphatic rings. The lowest BCUT2D eigenvalue weighted by molar-refractivity contribution is 0.0524. The molecule has 15 heavy (non-hydrogen) atoms. The van der Waals surface area contributed by atoms with Crippen LogP contribution >= 0.6 is 11.6 Å². The number of carbonyl (C=O) groups excluding carboxylic acids is 1. The number of hydrogen-bond donors (Lipinski definition) is 1. The van der Waals surface area contributed by atoms with Gasteiger partial charge < -0.3 is 15.2 Å². The maximum atomic E-state index is 11.5. The van der Waals surface area contributed by atoms with E-state index in [4.69, 9.17) is 26.8 Å². The van der Waals surface area contributed by atoms with Gasteiger partial charge in [0.2, 0.25) is 0 Å². The molecule has 0 atom stereocenters. The number of benzene rings is 1. The van der Waals surface area contributed by atoms with Crippen LogP contribution in [0.15, 0.2) is 12.1 Å². The van der Waals surface area contributed by atoms with Crippen LogP contribution in [0.4, 0.5) is 5.69 Å². The molecule has 0 spiro atoms. The number of anilines is 1. The van der Waals surface area contributed by atoms with Gasteiger partial charge in [-0.15, -0.1) is 0 Å². The Morgan fingerprint density at radius 2 is 2.20 bits per heavy atom. The second kappa shape index (κ2) is 4.89. The van der Waals surface area contributed by atoms with Crippen molar-refractivity contribution in [3.05, 3.63) is 22.7 Å². The van der Waals surface area contributed by atoms with Crippen LogP contribution in [0, 0.1) is 0 Å². The summed E-state index contributed by atoms with van der Waals surface area (Å²) < 4.78 is 9.86. The van der Waals surface area contributed by atoms with Crippen LogP contribution in [0.25, 0.3) is 0 Å². The number of rotatable bonds is 3. The highest BCUT2D eigenvalue weighted by molar-refractivity contribution is 6.31. The molecule has 0 aliphatic carbocycles. The van der Waals surface area contributed by atoms with Gasteiger partial charge in [-0.2, -0.15) is 0 Å². The van der Waals surface area contributed by atoms with Gasteiger partial charge in [0.25, 0.3) is 0 Å². The molecule has 0 aliphatic heterocycles. The molecular weight excluding hydrogens is 218 g/mol. The average molecular weight is 230 g/mol. The lowest BCUT2D eigenvalue weighted by Gasteiger charge is -2.10. The molecule has 1 aromatic rings. The zero-order valence-corrected chi connectivity index (χ0v) is 9.30. The van der Waals surface area contributed by atoms with Gasteiger partial charge in [-0.3, -0.25) is 0 Å². The van der Waals surface area contributed by atoms with E-state index in [1.54, 1.807) is 6.92 Å². The number of halogens is 1. The lowest BCUT2D eigenvalue weighted by Crippen LogP contribution is -2.10. The van der Waals surface area contributed by atoms with Gasteiger partial charge in [0, 0.05) is 5.02 Å². The Balaban J connectivity index is 3.20. The fourth-order valence-electron chi connectivity index (χ4n) is 1.18. The Kier molecular flexibility index (Phi) is 3.80. The highest BCUT2D eigenvalue weighted by Crippen LogP contribution is 2.29. The highest BCUT2D eigenvalue weighted by atomic mass is 35.5. The van der Waals surface area contributed by atoms with Gasteiger partial charge in [0.1, 0.15) is 11.3 Å². The van der Waals surface area contributed by atoms with Crippen molar-refractivity contribution in [2.75, 3.05) is 19.5 Å². The van der Waals surface area contributed by atoms with Crippen molar-refractivity contribution in [1.29, 1.82) is 0 Å². The molecule has 0 saturated heterocycles. The zero-order chi connectivity index (χ0) is 11.4. The third-order valence-electron chi connectivity index (χ3n) is 1.80. The third kappa shape index (κ3) is 2.53. The minimum absolute atomic E-state index is 0.212. The first-order valence-corrected chi connectivity index (χ1v) is 4.78. The van der Waals surface area contributed by atoms with Crippen LogP contribution in [-0.4, -0.2) is 19.7 Å². The summed E-state index contributed by atoms with van der Waals surface area (Å²) in [6.45, 7) is 2.00. The van der Waals surface area contributed by atoms with Crippen LogP contribution in [0.5, 0.6) is 5.75 Å². The molecule has 0 heterocycles. The van der Waals surface area contributed by atoms with Gasteiger partial charge in [-0.1, -0.05) is 11.6 Å². The second-order valence-electron chi connectivity index (χ2n) is 2.79. The molecule has 5 heteroatoms. The molecule has 0 aromatic heterocycles. The number of carbonyl (C=O) groups is 1. The van der Waals surface area contributed by atoms with E-state index in [1.165, 1.54) is 19.2 Å². The fourth-order valence-corrected chi connectivity index (χ4v) is 1.40. The zero-order valence-electron chi connectivity index (χ0n) is 8.54. The summed E-state index contributed by atoms with van der Waals surface area (Å²) in [4.78, 5) is 11.5. The van der Waals surface area contributed by atoms with E-state index in [-0.39, 0.29) is 17.9 Å². The highest BCUT2D eigenvalue weighted by Gasteiger charge is 2.17. The van der Waals surface area contributed by atoms with Crippen molar-refractivity contribution in [2.45, 2.75) is 6.92 Å². The summed E-state index contributed by atoms with van der Waals surface area (Å²) in [5.74, 6) is -0.193. The van der Waals surface area contributed by atoms with Gasteiger partial charge >= 0.3 is 5.97 Å². The molecule has 0 saturated carbocycles. The largest absolute Gasteiger partial charge is 0.496 e. The Morgan fingerprint density at radius 1 is 1.53 bits per heavy atom. The van der Waals surface area contributed by atoms with Crippen molar-refractivity contribution in [3.8, 4) is 5.75 Å². The quantitative estimate of drug-likeness (QED) is 0.637. The summed E-state index contributed by atoms with van der Waals surface area (Å²) in [7, 11) is 1.44. The van der Waals surface area contributed by atoms with Crippen LogP contribution in [0.3, 0.4) is 0 Å². The van der Waals surface area contributed by atoms with Crippen LogP contribution in [0.2, 0.25) is 5.02 Å².